The van der Waals surface area contributed by atoms with Crippen molar-refractivity contribution in [1.82, 2.24) is 0 Å². The van der Waals surface area contributed by atoms with Gasteiger partial charge in [0.15, 0.2) is 0 Å². The monoisotopic (exact) mass is 560 g/mol. The first kappa shape index (κ1) is 21.3. The summed E-state index contributed by atoms with van der Waals surface area (Å²) in [5.74, 6) is 0. The fourth-order valence-corrected chi connectivity index (χ4v) is 8.02. The lowest BCUT2D eigenvalue weighted by Crippen LogP contribution is -1.78. The summed E-state index contributed by atoms with van der Waals surface area (Å²) in [6, 6.07) is 35.2. The molecule has 4 aromatic heterocycles. The van der Waals surface area contributed by atoms with E-state index in [0.717, 1.165) is 4.47 Å². The third-order valence-corrected chi connectivity index (χ3v) is 10.7. The molecule has 0 bridgehead atoms. The molecule has 0 aliphatic carbocycles. The highest BCUT2D eigenvalue weighted by Gasteiger charge is 2.11. The summed E-state index contributed by atoms with van der Waals surface area (Å²) >= 11 is 10.9. The standard InChI is InChI=1S/C28H17BrS4/c29-21-9-7-19(8-10-21)18-3-5-20(6-4-18)22-11-12-25(31-22)26-15-16-28(33-26)27-14-13-24(32-27)23-2-1-17-30-23/h1-17H. The van der Waals surface area contributed by atoms with Gasteiger partial charge in [0.25, 0.3) is 0 Å². The highest BCUT2D eigenvalue weighted by Crippen LogP contribution is 2.43. The second kappa shape index (κ2) is 9.16. The second-order valence-electron chi connectivity index (χ2n) is 7.55. The molecule has 5 heteroatoms. The molecule has 4 heterocycles. The minimum atomic E-state index is 1.10. The van der Waals surface area contributed by atoms with Crippen molar-refractivity contribution in [3.05, 3.63) is 107 Å². The molecule has 0 fully saturated rings. The van der Waals surface area contributed by atoms with Crippen LogP contribution in [-0.4, -0.2) is 0 Å². The molecule has 0 saturated carbocycles. The highest BCUT2D eigenvalue weighted by atomic mass is 79.9. The van der Waals surface area contributed by atoms with Gasteiger partial charge in [0, 0.05) is 38.6 Å². The minimum Gasteiger partial charge on any atom is -0.143 e. The summed E-state index contributed by atoms with van der Waals surface area (Å²) in [5, 5.41) is 2.14. The van der Waals surface area contributed by atoms with E-state index in [4.69, 9.17) is 0 Å². The van der Waals surface area contributed by atoms with Gasteiger partial charge in [-0.25, -0.2) is 0 Å². The van der Waals surface area contributed by atoms with Gasteiger partial charge in [-0.3, -0.25) is 0 Å². The number of thiophene rings is 4. The van der Waals surface area contributed by atoms with Crippen LogP contribution in [0.4, 0.5) is 0 Å². The Bertz CT molecular complexity index is 1500. The molecule has 0 radical (unpaired) electrons. The Kier molecular flexibility index (Phi) is 5.91. The fourth-order valence-electron chi connectivity index (χ4n) is 3.72. The third kappa shape index (κ3) is 4.44. The maximum absolute atomic E-state index is 3.51. The first-order chi connectivity index (χ1) is 16.2. The quantitative estimate of drug-likeness (QED) is 0.196. The van der Waals surface area contributed by atoms with E-state index in [-0.39, 0.29) is 0 Å². The van der Waals surface area contributed by atoms with Gasteiger partial charge >= 0.3 is 0 Å². The summed E-state index contributed by atoms with van der Waals surface area (Å²) in [6.07, 6.45) is 0. The molecule has 0 unspecified atom stereocenters. The second-order valence-corrected chi connectivity index (χ2v) is 12.7. The van der Waals surface area contributed by atoms with Gasteiger partial charge in [0.1, 0.15) is 0 Å². The van der Waals surface area contributed by atoms with Crippen LogP contribution < -0.4 is 0 Å². The molecule has 0 spiro atoms. The van der Waals surface area contributed by atoms with Gasteiger partial charge in [-0.05, 0) is 76.7 Å². The Morgan fingerprint density at radius 1 is 0.394 bits per heavy atom. The van der Waals surface area contributed by atoms with Crippen LogP contribution >= 0.6 is 61.3 Å². The third-order valence-electron chi connectivity index (χ3n) is 5.41. The van der Waals surface area contributed by atoms with E-state index in [1.807, 2.05) is 34.0 Å². The molecule has 0 nitrogen and oxygen atoms in total. The fraction of sp³-hybridized carbons (Fsp3) is 0. The smallest absolute Gasteiger partial charge is 0.0449 e. The van der Waals surface area contributed by atoms with Crippen LogP contribution in [0.1, 0.15) is 0 Å². The average Bonchev–Trinajstić information content (AvgIpc) is 3.65. The van der Waals surface area contributed by atoms with Crippen LogP contribution in [0.3, 0.4) is 0 Å². The SMILES string of the molecule is Brc1ccc(-c2ccc(-c3ccc(-c4ccc(-c5ccc(-c6cccs6)s5)s4)s3)cc2)cc1. The Morgan fingerprint density at radius 3 is 1.33 bits per heavy atom. The van der Waals surface area contributed by atoms with E-state index in [1.165, 1.54) is 50.8 Å². The summed E-state index contributed by atoms with van der Waals surface area (Å²) in [6.45, 7) is 0. The van der Waals surface area contributed by atoms with E-state index in [1.54, 1.807) is 11.3 Å². The zero-order valence-electron chi connectivity index (χ0n) is 17.3. The molecular formula is C28H17BrS4. The van der Waals surface area contributed by atoms with Crippen LogP contribution in [0.2, 0.25) is 0 Å². The van der Waals surface area contributed by atoms with E-state index in [9.17, 15) is 0 Å². The van der Waals surface area contributed by atoms with Gasteiger partial charge in [-0.2, -0.15) is 0 Å². The number of benzene rings is 2. The van der Waals surface area contributed by atoms with Crippen molar-refractivity contribution in [3.8, 4) is 50.8 Å². The van der Waals surface area contributed by atoms with Crippen LogP contribution in [-0.2, 0) is 0 Å². The summed E-state index contributed by atoms with van der Waals surface area (Å²) in [5.41, 5.74) is 3.74. The van der Waals surface area contributed by atoms with Crippen molar-refractivity contribution in [3.63, 3.8) is 0 Å². The largest absolute Gasteiger partial charge is 0.143 e. The van der Waals surface area contributed by atoms with Gasteiger partial charge < -0.3 is 0 Å². The predicted molar refractivity (Wildman–Crippen MR) is 153 cm³/mol. The zero-order chi connectivity index (χ0) is 22.2. The maximum atomic E-state index is 3.51. The van der Waals surface area contributed by atoms with E-state index in [2.05, 4.69) is 118 Å². The van der Waals surface area contributed by atoms with Crippen molar-refractivity contribution in [1.29, 1.82) is 0 Å². The lowest BCUT2D eigenvalue weighted by molar-refractivity contribution is 1.59. The van der Waals surface area contributed by atoms with Crippen molar-refractivity contribution < 1.29 is 0 Å². The van der Waals surface area contributed by atoms with Crippen LogP contribution in [0, 0.1) is 0 Å². The normalized spacial score (nSPS) is 11.2. The number of halogens is 1. The topological polar surface area (TPSA) is 0 Å². The van der Waals surface area contributed by atoms with Crippen molar-refractivity contribution >= 4 is 61.3 Å². The highest BCUT2D eigenvalue weighted by molar-refractivity contribution is 9.10. The predicted octanol–water partition coefficient (Wildman–Crippen LogP) is 11.0. The summed E-state index contributed by atoms with van der Waals surface area (Å²) in [7, 11) is 0. The first-order valence-corrected chi connectivity index (χ1v) is 14.6. The molecular weight excluding hydrogens is 544 g/mol. The van der Waals surface area contributed by atoms with E-state index in [0.29, 0.717) is 0 Å². The molecule has 0 atom stereocenters. The van der Waals surface area contributed by atoms with Crippen molar-refractivity contribution in [2.45, 2.75) is 0 Å². The molecule has 160 valence electrons. The lowest BCUT2D eigenvalue weighted by Gasteiger charge is -2.03. The van der Waals surface area contributed by atoms with Crippen LogP contribution in [0.15, 0.2) is 107 Å². The van der Waals surface area contributed by atoms with E-state index < -0.39 is 0 Å². The molecule has 0 saturated heterocycles. The van der Waals surface area contributed by atoms with Gasteiger partial charge in [-0.1, -0.05) is 58.4 Å². The molecule has 33 heavy (non-hydrogen) atoms. The molecule has 6 rings (SSSR count). The van der Waals surface area contributed by atoms with Gasteiger partial charge in [0.05, 0.1) is 0 Å². The molecule has 2 aromatic carbocycles. The average molecular weight is 562 g/mol. The summed E-state index contributed by atoms with van der Waals surface area (Å²) < 4.78 is 1.10. The molecule has 0 aliphatic rings. The van der Waals surface area contributed by atoms with Crippen molar-refractivity contribution in [2.75, 3.05) is 0 Å². The number of hydrogen-bond acceptors (Lipinski definition) is 4. The zero-order valence-corrected chi connectivity index (χ0v) is 22.2. The summed E-state index contributed by atoms with van der Waals surface area (Å²) in [4.78, 5) is 9.34. The molecule has 0 N–H and O–H groups in total. The molecule has 6 aromatic rings. The van der Waals surface area contributed by atoms with E-state index >= 15 is 0 Å². The van der Waals surface area contributed by atoms with Crippen LogP contribution in [0.5, 0.6) is 0 Å². The van der Waals surface area contributed by atoms with Crippen LogP contribution in [0.25, 0.3) is 50.8 Å². The molecule has 0 aliphatic heterocycles. The number of hydrogen-bond donors (Lipinski definition) is 0. The lowest BCUT2D eigenvalue weighted by atomic mass is 10.0. The Labute approximate surface area is 217 Å². The van der Waals surface area contributed by atoms with Gasteiger partial charge in [0.2, 0.25) is 0 Å². The number of rotatable bonds is 5. The van der Waals surface area contributed by atoms with Gasteiger partial charge in [-0.15, -0.1) is 45.3 Å². The Hall–Kier alpha value is -2.28. The van der Waals surface area contributed by atoms with Crippen molar-refractivity contribution in [2.24, 2.45) is 0 Å². The Morgan fingerprint density at radius 2 is 0.818 bits per heavy atom. The minimum absolute atomic E-state index is 1.10. The Balaban J connectivity index is 1.22. The molecule has 0 amide bonds. The maximum Gasteiger partial charge on any atom is 0.0449 e. The first-order valence-electron chi connectivity index (χ1n) is 10.4.